The maximum atomic E-state index is 14.2. The normalized spacial score (nSPS) is 18.0. The number of nitrogens with one attached hydrogen (secondary N) is 1. The van der Waals surface area contributed by atoms with Gasteiger partial charge in [-0.3, -0.25) is 4.79 Å². The zero-order valence-electron chi connectivity index (χ0n) is 26.8. The molecule has 5 rings (SSSR count). The van der Waals surface area contributed by atoms with Crippen molar-refractivity contribution < 1.29 is 39.9 Å². The number of aliphatic carboxylic acids is 1. The fraction of sp³-hybridized carbons (Fsp3) is 0.500. The maximum absolute atomic E-state index is 14.2. The Bertz CT molecular complexity index is 1850. The van der Waals surface area contributed by atoms with Gasteiger partial charge >= 0.3 is 12.1 Å². The molecule has 2 saturated heterocycles. The summed E-state index contributed by atoms with van der Waals surface area (Å²) in [5.41, 5.74) is -0.657. The lowest BCUT2D eigenvalue weighted by Gasteiger charge is -2.35. The van der Waals surface area contributed by atoms with Crippen molar-refractivity contribution in [3.8, 4) is 0 Å². The highest BCUT2D eigenvalue weighted by Gasteiger charge is 2.39. The van der Waals surface area contributed by atoms with Gasteiger partial charge in [-0.2, -0.15) is 22.2 Å². The molecule has 2 aliphatic heterocycles. The molecule has 18 heteroatoms. The molecule has 274 valence electrons. The van der Waals surface area contributed by atoms with Crippen LogP contribution in [-0.2, 0) is 37.4 Å². The van der Waals surface area contributed by atoms with Crippen LogP contribution >= 0.6 is 38.9 Å². The van der Waals surface area contributed by atoms with Crippen LogP contribution in [0.3, 0.4) is 0 Å². The Hall–Kier alpha value is -2.28. The van der Waals surface area contributed by atoms with Crippen LogP contribution in [0, 0.1) is 11.8 Å². The van der Waals surface area contributed by atoms with E-state index in [9.17, 15) is 39.9 Å². The van der Waals surface area contributed by atoms with E-state index >= 15 is 0 Å². The number of benzene rings is 1. The Morgan fingerprint density at radius 3 is 2.16 bits per heavy atom. The molecule has 4 heterocycles. The highest BCUT2D eigenvalue weighted by atomic mass is 79.9. The lowest BCUT2D eigenvalue weighted by molar-refractivity contribution is -0.139. The predicted molar refractivity (Wildman–Crippen MR) is 188 cm³/mol. The summed E-state index contributed by atoms with van der Waals surface area (Å²) in [4.78, 5) is 16.5. The third-order valence-corrected chi connectivity index (χ3v) is 15.5. The monoisotopic (exact) mass is 840 g/mol. The third-order valence-electron chi connectivity index (χ3n) is 9.26. The van der Waals surface area contributed by atoms with Gasteiger partial charge in [-0.1, -0.05) is 61.2 Å². The summed E-state index contributed by atoms with van der Waals surface area (Å²) in [5, 5.41) is 9.61. The molecule has 0 amide bonds. The first-order chi connectivity index (χ1) is 23.5. The number of nitrogens with zero attached hydrogens (tertiary/aromatic N) is 3. The first-order valence-corrected chi connectivity index (χ1v) is 21.0. The number of aromatic nitrogens is 1. The number of hydrogen-bond donors (Lipinski definition) is 2. The van der Waals surface area contributed by atoms with Gasteiger partial charge in [0.15, 0.2) is 0 Å². The number of anilines is 1. The van der Waals surface area contributed by atoms with E-state index in [0.717, 1.165) is 49.6 Å². The van der Waals surface area contributed by atoms with Crippen molar-refractivity contribution in [3.05, 3.63) is 68.6 Å². The number of carboxylic acid groups (broad SMARTS) is 1. The van der Waals surface area contributed by atoms with Crippen molar-refractivity contribution in [3.63, 3.8) is 0 Å². The van der Waals surface area contributed by atoms with Gasteiger partial charge in [0.1, 0.15) is 25.3 Å². The summed E-state index contributed by atoms with van der Waals surface area (Å²) >= 11 is 10.3. The molecule has 0 spiro atoms. The Morgan fingerprint density at radius 2 is 1.62 bits per heavy atom. The van der Waals surface area contributed by atoms with E-state index in [1.165, 1.54) is 15.3 Å². The third kappa shape index (κ3) is 9.58. The molecule has 50 heavy (non-hydrogen) atoms. The summed E-state index contributed by atoms with van der Waals surface area (Å²) in [6, 6.07) is 8.73. The number of carboxylic acids is 1. The summed E-state index contributed by atoms with van der Waals surface area (Å²) in [6.45, 7) is 1.53. The molecular weight excluding hydrogens is 805 g/mol. The van der Waals surface area contributed by atoms with Gasteiger partial charge in [0.25, 0.3) is 10.0 Å². The predicted octanol–water partition coefficient (Wildman–Crippen LogP) is 7.04. The number of thiophene rings is 1. The minimum absolute atomic E-state index is 0.198. The van der Waals surface area contributed by atoms with Crippen molar-refractivity contribution in [2.45, 2.75) is 72.7 Å². The minimum Gasteiger partial charge on any atom is -0.480 e. The van der Waals surface area contributed by atoms with E-state index < -0.39 is 48.7 Å². The van der Waals surface area contributed by atoms with Gasteiger partial charge in [0.05, 0.1) is 5.56 Å². The van der Waals surface area contributed by atoms with Crippen LogP contribution in [0.1, 0.15) is 56.1 Å². The molecule has 2 N–H and O–H groups in total. The Balaban J connectivity index is 1.13. The molecule has 1 atom stereocenters. The summed E-state index contributed by atoms with van der Waals surface area (Å²) in [7, 11) is -8.25. The van der Waals surface area contributed by atoms with E-state index in [4.69, 9.17) is 11.6 Å². The lowest BCUT2D eigenvalue weighted by Crippen LogP contribution is -2.42. The topological polar surface area (TPSA) is 137 Å². The molecule has 3 aromatic rings. The fourth-order valence-corrected chi connectivity index (χ4v) is 11.6. The molecule has 10 nitrogen and oxygen atoms in total. The second-order valence-corrected chi connectivity index (χ2v) is 19.0. The minimum atomic E-state index is -4.90. The quantitative estimate of drug-likeness (QED) is 0.187. The van der Waals surface area contributed by atoms with Crippen molar-refractivity contribution in [1.82, 2.24) is 14.0 Å². The van der Waals surface area contributed by atoms with Crippen molar-refractivity contribution >= 4 is 70.7 Å². The van der Waals surface area contributed by atoms with Gasteiger partial charge in [-0.15, -0.1) is 11.3 Å². The zero-order chi connectivity index (χ0) is 36.3. The van der Waals surface area contributed by atoms with E-state index in [-0.39, 0.29) is 16.4 Å². The van der Waals surface area contributed by atoms with Crippen LogP contribution in [0.15, 0.2) is 62.2 Å². The first-order valence-electron chi connectivity index (χ1n) is 16.1. The van der Waals surface area contributed by atoms with Crippen LogP contribution in [0.4, 0.5) is 19.0 Å². The van der Waals surface area contributed by atoms with Gasteiger partial charge in [0.2, 0.25) is 10.0 Å². The molecule has 1 unspecified atom stereocenters. The summed E-state index contributed by atoms with van der Waals surface area (Å²) in [5.74, 6) is -1.11. The average molecular weight is 842 g/mol. The molecule has 2 fully saturated rings. The highest BCUT2D eigenvalue weighted by molar-refractivity contribution is 9.10. The fourth-order valence-electron chi connectivity index (χ4n) is 6.48. The number of rotatable bonds is 13. The second kappa shape index (κ2) is 16.2. The highest BCUT2D eigenvalue weighted by Crippen LogP contribution is 2.39. The van der Waals surface area contributed by atoms with Crippen molar-refractivity contribution in [2.75, 3.05) is 31.1 Å². The number of alkyl halides is 3. The smallest absolute Gasteiger partial charge is 0.420 e. The number of hydrogen-bond acceptors (Lipinski definition) is 8. The molecule has 2 aromatic heterocycles. The number of pyridine rings is 1. The number of piperidine rings is 2. The molecule has 0 bridgehead atoms. The van der Waals surface area contributed by atoms with Crippen LogP contribution in [-0.4, -0.2) is 69.4 Å². The zero-order valence-corrected chi connectivity index (χ0v) is 31.6. The van der Waals surface area contributed by atoms with Gasteiger partial charge < -0.3 is 10.0 Å². The molecule has 0 saturated carbocycles. The van der Waals surface area contributed by atoms with E-state index in [1.54, 1.807) is 30.3 Å². The molecule has 0 radical (unpaired) electrons. The van der Waals surface area contributed by atoms with Crippen molar-refractivity contribution in [2.24, 2.45) is 11.8 Å². The average Bonchev–Trinajstić information content (AvgIpc) is 3.43. The SMILES string of the molecule is O=C(O)C(Cc1ccccc1)NS(=O)(=O)c1cnc(N2CCC(CCCC3CCN(S(=O)(=O)c4cc(Br)c(Cl)s4)CC3)CC2)c(C(F)(F)F)c1. The molecule has 2 aliphatic rings. The second-order valence-electron chi connectivity index (χ2n) is 12.6. The van der Waals surface area contributed by atoms with Gasteiger partial charge in [0, 0.05) is 36.8 Å². The van der Waals surface area contributed by atoms with E-state index in [2.05, 4.69) is 20.9 Å². The standard InChI is InChI=1S/C32H37BrClF3N4O6S3/c33-26-19-28(48-29(26)34)50(46,47)41-15-11-22(12-16-41)8-4-7-21-9-13-40(14-10-21)30-25(32(35,36)37)18-24(20-38-30)49(44,45)39-27(31(42)43)17-23-5-2-1-3-6-23/h1-3,5-6,18-22,27,39H,4,7-17H2,(H,42,43). The van der Waals surface area contributed by atoms with Crippen molar-refractivity contribution in [1.29, 1.82) is 0 Å². The van der Waals surface area contributed by atoms with Crippen LogP contribution in [0.2, 0.25) is 4.34 Å². The Morgan fingerprint density at radius 1 is 1.02 bits per heavy atom. The lowest BCUT2D eigenvalue weighted by atomic mass is 9.87. The number of carbonyl (C=O) groups is 1. The van der Waals surface area contributed by atoms with Crippen LogP contribution in [0.5, 0.6) is 0 Å². The molecular formula is C32H37BrClF3N4O6S3. The molecule has 1 aromatic carbocycles. The largest absolute Gasteiger partial charge is 0.480 e. The Kier molecular flexibility index (Phi) is 12.6. The first kappa shape index (κ1) is 38.9. The van der Waals surface area contributed by atoms with E-state index in [1.807, 2.05) is 4.72 Å². The summed E-state index contributed by atoms with van der Waals surface area (Å²) in [6.07, 6.45) is 1.34. The van der Waals surface area contributed by atoms with Crippen LogP contribution in [0.25, 0.3) is 0 Å². The number of sulfonamides is 2. The maximum Gasteiger partial charge on any atom is 0.420 e. The molecule has 0 aliphatic carbocycles. The Labute approximate surface area is 307 Å². The number of halogens is 5. The van der Waals surface area contributed by atoms with Gasteiger partial charge in [-0.05, 0) is 77.6 Å². The summed E-state index contributed by atoms with van der Waals surface area (Å²) < 4.78 is 99.6. The van der Waals surface area contributed by atoms with Gasteiger partial charge in [-0.25, -0.2) is 21.8 Å². The van der Waals surface area contributed by atoms with Crippen LogP contribution < -0.4 is 9.62 Å². The van der Waals surface area contributed by atoms with E-state index in [0.29, 0.717) is 71.3 Å².